The van der Waals surface area contributed by atoms with Gasteiger partial charge in [-0.25, -0.2) is 0 Å². The van der Waals surface area contributed by atoms with Crippen LogP contribution in [0, 0.1) is 0 Å². The predicted octanol–water partition coefficient (Wildman–Crippen LogP) is 1.70. The zero-order valence-electron chi connectivity index (χ0n) is 10.2. The number of likely N-dealkylation sites (tertiary alicyclic amines) is 1. The Kier molecular flexibility index (Phi) is 3.21. The van der Waals surface area contributed by atoms with Gasteiger partial charge in [-0.15, -0.1) is 0 Å². The molecule has 2 fully saturated rings. The lowest BCUT2D eigenvalue weighted by Crippen LogP contribution is -2.49. The summed E-state index contributed by atoms with van der Waals surface area (Å²) in [6.45, 7) is 11.1. The Labute approximate surface area is 93.7 Å². The van der Waals surface area contributed by atoms with Gasteiger partial charge in [0.2, 0.25) is 0 Å². The molecule has 2 rings (SSSR count). The van der Waals surface area contributed by atoms with E-state index >= 15 is 0 Å². The van der Waals surface area contributed by atoms with Crippen molar-refractivity contribution >= 4 is 8.07 Å². The maximum Gasteiger partial charge on any atom is 0.170 e. The fourth-order valence-corrected chi connectivity index (χ4v) is 4.17. The Balaban J connectivity index is 1.81. The molecule has 0 saturated carbocycles. The van der Waals surface area contributed by atoms with E-state index in [4.69, 9.17) is 9.47 Å². The summed E-state index contributed by atoms with van der Waals surface area (Å²) in [7, 11) is -0.951. The summed E-state index contributed by atoms with van der Waals surface area (Å²) >= 11 is 0. The van der Waals surface area contributed by atoms with Crippen LogP contribution in [0.1, 0.15) is 12.8 Å². The standard InChI is InChI=1S/C11H23NO2Si/c1-15(2,3)10-12-6-4-11(5-7-12)13-8-9-14-11/h4-10H2,1-3H3. The largest absolute Gasteiger partial charge is 0.347 e. The molecule has 0 aromatic rings. The van der Waals surface area contributed by atoms with Crippen molar-refractivity contribution in [1.82, 2.24) is 4.90 Å². The number of rotatable bonds is 2. The Morgan fingerprint density at radius 2 is 1.60 bits per heavy atom. The molecular weight excluding hydrogens is 206 g/mol. The Bertz CT molecular complexity index is 211. The summed E-state index contributed by atoms with van der Waals surface area (Å²) in [5.74, 6) is -0.198. The fourth-order valence-electron chi connectivity index (χ4n) is 2.51. The van der Waals surface area contributed by atoms with Crippen LogP contribution in [-0.2, 0) is 9.47 Å². The van der Waals surface area contributed by atoms with Gasteiger partial charge in [0.05, 0.1) is 21.3 Å². The highest BCUT2D eigenvalue weighted by atomic mass is 28.3. The lowest BCUT2D eigenvalue weighted by Gasteiger charge is -2.39. The number of piperidine rings is 1. The minimum atomic E-state index is -0.951. The molecule has 3 nitrogen and oxygen atoms in total. The second-order valence-corrected chi connectivity index (χ2v) is 11.4. The van der Waals surface area contributed by atoms with Crippen molar-refractivity contribution in [3.8, 4) is 0 Å². The first kappa shape index (κ1) is 11.6. The van der Waals surface area contributed by atoms with Gasteiger partial charge in [-0.1, -0.05) is 19.6 Å². The van der Waals surface area contributed by atoms with Crippen LogP contribution in [0.3, 0.4) is 0 Å². The molecule has 0 bridgehead atoms. The van der Waals surface area contributed by atoms with Crippen molar-refractivity contribution in [2.75, 3.05) is 32.5 Å². The number of hydrogen-bond acceptors (Lipinski definition) is 3. The lowest BCUT2D eigenvalue weighted by molar-refractivity contribution is -0.184. The summed E-state index contributed by atoms with van der Waals surface area (Å²) < 4.78 is 11.4. The molecule has 0 aromatic carbocycles. The van der Waals surface area contributed by atoms with Crippen molar-refractivity contribution in [3.63, 3.8) is 0 Å². The molecule has 88 valence electrons. The van der Waals surface area contributed by atoms with Crippen LogP contribution in [0.15, 0.2) is 0 Å². The van der Waals surface area contributed by atoms with E-state index in [1.807, 2.05) is 0 Å². The normalized spacial score (nSPS) is 27.4. The smallest absolute Gasteiger partial charge is 0.170 e. The second kappa shape index (κ2) is 4.16. The van der Waals surface area contributed by atoms with E-state index in [2.05, 4.69) is 24.5 Å². The SMILES string of the molecule is C[Si](C)(C)CN1CCC2(CC1)OCCO2. The monoisotopic (exact) mass is 229 g/mol. The highest BCUT2D eigenvalue weighted by Crippen LogP contribution is 2.31. The van der Waals surface area contributed by atoms with Crippen molar-refractivity contribution in [1.29, 1.82) is 0 Å². The summed E-state index contributed by atoms with van der Waals surface area (Å²) in [5.41, 5.74) is 0. The van der Waals surface area contributed by atoms with Crippen molar-refractivity contribution in [2.24, 2.45) is 0 Å². The van der Waals surface area contributed by atoms with Crippen LogP contribution in [0.25, 0.3) is 0 Å². The van der Waals surface area contributed by atoms with E-state index in [0.717, 1.165) is 39.1 Å². The molecule has 1 spiro atoms. The zero-order chi connectivity index (χ0) is 10.9. The van der Waals surface area contributed by atoms with E-state index < -0.39 is 8.07 Å². The number of ether oxygens (including phenoxy) is 2. The van der Waals surface area contributed by atoms with Crippen molar-refractivity contribution in [2.45, 2.75) is 38.3 Å². The van der Waals surface area contributed by atoms with Crippen LogP contribution in [-0.4, -0.2) is 51.2 Å². The molecule has 2 saturated heterocycles. The highest BCUT2D eigenvalue weighted by molar-refractivity contribution is 6.76. The number of nitrogens with zero attached hydrogens (tertiary/aromatic N) is 1. The predicted molar refractivity (Wildman–Crippen MR) is 63.7 cm³/mol. The van der Waals surface area contributed by atoms with Gasteiger partial charge >= 0.3 is 0 Å². The molecule has 15 heavy (non-hydrogen) atoms. The first-order valence-electron chi connectivity index (χ1n) is 5.99. The van der Waals surface area contributed by atoms with Gasteiger partial charge in [0.25, 0.3) is 0 Å². The molecule has 0 atom stereocenters. The molecule has 2 aliphatic heterocycles. The molecule has 0 N–H and O–H groups in total. The third kappa shape index (κ3) is 3.03. The van der Waals surface area contributed by atoms with Gasteiger partial charge in [0, 0.05) is 25.9 Å². The molecule has 2 aliphatic rings. The minimum Gasteiger partial charge on any atom is -0.347 e. The van der Waals surface area contributed by atoms with Gasteiger partial charge in [-0.05, 0) is 6.17 Å². The summed E-state index contributed by atoms with van der Waals surface area (Å²) in [6, 6.07) is 0. The van der Waals surface area contributed by atoms with Gasteiger partial charge in [0.1, 0.15) is 0 Å². The topological polar surface area (TPSA) is 21.7 Å². The molecule has 2 heterocycles. The Morgan fingerprint density at radius 1 is 1.07 bits per heavy atom. The highest BCUT2D eigenvalue weighted by Gasteiger charge is 2.40. The molecule has 4 heteroatoms. The second-order valence-electron chi connectivity index (χ2n) is 5.94. The summed E-state index contributed by atoms with van der Waals surface area (Å²) in [6.07, 6.45) is 3.41. The van der Waals surface area contributed by atoms with Gasteiger partial charge in [-0.2, -0.15) is 0 Å². The van der Waals surface area contributed by atoms with Crippen LogP contribution in [0.2, 0.25) is 19.6 Å². The first-order chi connectivity index (χ1) is 6.99. The minimum absolute atomic E-state index is 0.198. The van der Waals surface area contributed by atoms with Gasteiger partial charge in [0.15, 0.2) is 5.79 Å². The molecule has 0 aliphatic carbocycles. The third-order valence-corrected chi connectivity index (χ3v) is 4.53. The summed E-state index contributed by atoms with van der Waals surface area (Å²) in [5, 5.41) is 0. The van der Waals surface area contributed by atoms with Crippen molar-refractivity contribution < 1.29 is 9.47 Å². The summed E-state index contributed by atoms with van der Waals surface area (Å²) in [4.78, 5) is 2.59. The zero-order valence-corrected chi connectivity index (χ0v) is 11.2. The van der Waals surface area contributed by atoms with Crippen LogP contribution >= 0.6 is 0 Å². The molecule has 0 radical (unpaired) electrons. The quantitative estimate of drug-likeness (QED) is 0.673. The van der Waals surface area contributed by atoms with E-state index in [9.17, 15) is 0 Å². The molecule has 0 unspecified atom stereocenters. The third-order valence-electron chi connectivity index (χ3n) is 3.13. The maximum absolute atomic E-state index is 5.72. The molecule has 0 amide bonds. The average Bonchev–Trinajstić information content (AvgIpc) is 2.56. The average molecular weight is 229 g/mol. The number of hydrogen-bond donors (Lipinski definition) is 0. The van der Waals surface area contributed by atoms with Gasteiger partial charge in [-0.3, -0.25) is 0 Å². The van der Waals surface area contributed by atoms with E-state index in [1.54, 1.807) is 0 Å². The Morgan fingerprint density at radius 3 is 2.07 bits per heavy atom. The Hall–Kier alpha value is 0.0969. The van der Waals surface area contributed by atoms with E-state index in [-0.39, 0.29) is 5.79 Å². The van der Waals surface area contributed by atoms with Crippen LogP contribution in [0.5, 0.6) is 0 Å². The van der Waals surface area contributed by atoms with Gasteiger partial charge < -0.3 is 14.4 Å². The fraction of sp³-hybridized carbons (Fsp3) is 1.00. The molecule has 0 aromatic heterocycles. The maximum atomic E-state index is 5.72. The van der Waals surface area contributed by atoms with E-state index in [0.29, 0.717) is 0 Å². The van der Waals surface area contributed by atoms with Crippen molar-refractivity contribution in [3.05, 3.63) is 0 Å². The first-order valence-corrected chi connectivity index (χ1v) is 9.70. The van der Waals surface area contributed by atoms with Crippen LogP contribution < -0.4 is 0 Å². The molecular formula is C11H23NO2Si. The lowest BCUT2D eigenvalue weighted by atomic mass is 10.0. The van der Waals surface area contributed by atoms with E-state index in [1.165, 1.54) is 6.17 Å². The van der Waals surface area contributed by atoms with Crippen LogP contribution in [0.4, 0.5) is 0 Å².